The van der Waals surface area contributed by atoms with E-state index in [0.29, 0.717) is 5.41 Å². The van der Waals surface area contributed by atoms with E-state index in [0.717, 1.165) is 32.7 Å². The summed E-state index contributed by atoms with van der Waals surface area (Å²) in [5, 5.41) is 3.80. The van der Waals surface area contributed by atoms with E-state index in [1.807, 2.05) is 0 Å². The summed E-state index contributed by atoms with van der Waals surface area (Å²) in [5.74, 6) is 0. The van der Waals surface area contributed by atoms with E-state index in [-0.39, 0.29) is 5.54 Å². The zero-order valence-electron chi connectivity index (χ0n) is 13.6. The molecule has 1 aliphatic rings. The molecule has 1 unspecified atom stereocenters. The Hall–Kier alpha value is -0.120. The Bertz CT molecular complexity index is 248. The minimum absolute atomic E-state index is 0.195. The molecule has 19 heavy (non-hydrogen) atoms. The Morgan fingerprint density at radius 3 is 2.32 bits per heavy atom. The van der Waals surface area contributed by atoms with Crippen molar-refractivity contribution in [3.05, 3.63) is 0 Å². The molecule has 1 fully saturated rings. The van der Waals surface area contributed by atoms with Crippen LogP contribution >= 0.6 is 0 Å². The van der Waals surface area contributed by atoms with E-state index in [4.69, 9.17) is 5.73 Å². The summed E-state index contributed by atoms with van der Waals surface area (Å²) in [7, 11) is 0. The minimum atomic E-state index is 0.195. The van der Waals surface area contributed by atoms with Gasteiger partial charge in [-0.25, -0.2) is 0 Å². The van der Waals surface area contributed by atoms with Crippen LogP contribution in [0.2, 0.25) is 0 Å². The van der Waals surface area contributed by atoms with Crippen molar-refractivity contribution >= 4 is 0 Å². The molecule has 3 N–H and O–H groups in total. The first-order chi connectivity index (χ1) is 8.97. The average Bonchev–Trinajstić information content (AvgIpc) is 2.54. The lowest BCUT2D eigenvalue weighted by Crippen LogP contribution is -2.53. The van der Waals surface area contributed by atoms with Crippen molar-refractivity contribution in [3.63, 3.8) is 0 Å². The molecule has 0 aromatic rings. The van der Waals surface area contributed by atoms with Gasteiger partial charge in [0, 0.05) is 25.2 Å². The Morgan fingerprint density at radius 1 is 1.05 bits per heavy atom. The molecule has 114 valence electrons. The number of hydrogen-bond acceptors (Lipinski definition) is 3. The van der Waals surface area contributed by atoms with Crippen molar-refractivity contribution in [2.45, 2.75) is 65.3 Å². The predicted octanol–water partition coefficient (Wildman–Crippen LogP) is 2.61. The maximum absolute atomic E-state index is 6.10. The largest absolute Gasteiger partial charge is 0.329 e. The topological polar surface area (TPSA) is 41.3 Å². The molecule has 0 bridgehead atoms. The van der Waals surface area contributed by atoms with Crippen LogP contribution in [0.1, 0.15) is 59.8 Å². The smallest absolute Gasteiger partial charge is 0.0304 e. The highest BCUT2D eigenvalue weighted by Crippen LogP contribution is 2.37. The van der Waals surface area contributed by atoms with Gasteiger partial charge < -0.3 is 16.0 Å². The van der Waals surface area contributed by atoms with Crippen LogP contribution in [0.3, 0.4) is 0 Å². The summed E-state index contributed by atoms with van der Waals surface area (Å²) < 4.78 is 0. The lowest BCUT2D eigenvalue weighted by Gasteiger charge is -2.34. The monoisotopic (exact) mass is 269 g/mol. The van der Waals surface area contributed by atoms with Gasteiger partial charge in [0.15, 0.2) is 0 Å². The highest BCUT2D eigenvalue weighted by molar-refractivity contribution is 4.93. The lowest BCUT2D eigenvalue weighted by atomic mass is 9.83. The van der Waals surface area contributed by atoms with Gasteiger partial charge in [-0.2, -0.15) is 0 Å². The van der Waals surface area contributed by atoms with Crippen LogP contribution in [0.25, 0.3) is 0 Å². The van der Waals surface area contributed by atoms with Crippen LogP contribution in [0, 0.1) is 5.41 Å². The maximum Gasteiger partial charge on any atom is 0.0304 e. The van der Waals surface area contributed by atoms with Gasteiger partial charge in [0.1, 0.15) is 0 Å². The molecule has 1 aliphatic carbocycles. The predicted molar refractivity (Wildman–Crippen MR) is 84.4 cm³/mol. The zero-order chi connectivity index (χ0) is 14.4. The van der Waals surface area contributed by atoms with Gasteiger partial charge in [0.05, 0.1) is 0 Å². The molecule has 1 rings (SSSR count). The Labute approximate surface area is 120 Å². The molecule has 0 amide bonds. The lowest BCUT2D eigenvalue weighted by molar-refractivity contribution is 0.241. The summed E-state index contributed by atoms with van der Waals surface area (Å²) in [6, 6.07) is 0. The first kappa shape index (κ1) is 16.9. The van der Waals surface area contributed by atoms with Gasteiger partial charge in [-0.15, -0.1) is 0 Å². The molecule has 3 heteroatoms. The second-order valence-electron chi connectivity index (χ2n) is 6.96. The number of nitrogens with zero attached hydrogens (tertiary/aromatic N) is 1. The third-order valence-corrected chi connectivity index (χ3v) is 5.00. The second-order valence-corrected chi connectivity index (χ2v) is 6.96. The van der Waals surface area contributed by atoms with E-state index in [1.54, 1.807) is 0 Å². The molecule has 0 aromatic carbocycles. The van der Waals surface area contributed by atoms with E-state index < -0.39 is 0 Å². The van der Waals surface area contributed by atoms with Crippen molar-refractivity contribution in [2.24, 2.45) is 11.1 Å². The van der Waals surface area contributed by atoms with Crippen molar-refractivity contribution in [1.82, 2.24) is 10.2 Å². The summed E-state index contributed by atoms with van der Waals surface area (Å²) in [5.41, 5.74) is 6.79. The van der Waals surface area contributed by atoms with Crippen molar-refractivity contribution < 1.29 is 0 Å². The highest BCUT2D eigenvalue weighted by Gasteiger charge is 2.34. The van der Waals surface area contributed by atoms with Gasteiger partial charge in [0.2, 0.25) is 0 Å². The number of rotatable bonds is 7. The van der Waals surface area contributed by atoms with E-state index in [9.17, 15) is 0 Å². The molecule has 1 saturated carbocycles. The second kappa shape index (κ2) is 7.61. The number of likely N-dealkylation sites (N-methyl/N-ethyl adjacent to an activating group) is 1. The number of nitrogens with two attached hydrogens (primary N) is 1. The third kappa shape index (κ3) is 5.41. The van der Waals surface area contributed by atoms with Gasteiger partial charge in [-0.1, -0.05) is 34.1 Å². The molecule has 0 aliphatic heterocycles. The van der Waals surface area contributed by atoms with E-state index >= 15 is 0 Å². The first-order valence-corrected chi connectivity index (χ1v) is 8.14. The van der Waals surface area contributed by atoms with Gasteiger partial charge in [-0.05, 0) is 44.2 Å². The van der Waals surface area contributed by atoms with Crippen LogP contribution in [0.4, 0.5) is 0 Å². The van der Waals surface area contributed by atoms with E-state index in [1.165, 1.54) is 32.1 Å². The summed E-state index contributed by atoms with van der Waals surface area (Å²) in [4.78, 5) is 2.47. The SMILES string of the molecule is CCN(CC)CCNC1(CN)CCCC(C)(C)CC1. The van der Waals surface area contributed by atoms with Gasteiger partial charge in [0.25, 0.3) is 0 Å². The maximum atomic E-state index is 6.10. The van der Waals surface area contributed by atoms with E-state index in [2.05, 4.69) is 37.9 Å². The first-order valence-electron chi connectivity index (χ1n) is 8.14. The normalized spacial score (nSPS) is 27.5. The number of hydrogen-bond donors (Lipinski definition) is 2. The molecule has 0 radical (unpaired) electrons. The standard InChI is InChI=1S/C16H35N3/c1-5-19(6-2)13-12-18-16(14-17)9-7-8-15(3,4)10-11-16/h18H,5-14,17H2,1-4H3. The van der Waals surface area contributed by atoms with Crippen LogP contribution in [0.15, 0.2) is 0 Å². The Morgan fingerprint density at radius 2 is 1.74 bits per heavy atom. The van der Waals surface area contributed by atoms with Crippen LogP contribution < -0.4 is 11.1 Å². The van der Waals surface area contributed by atoms with Crippen LogP contribution in [-0.2, 0) is 0 Å². The van der Waals surface area contributed by atoms with Crippen molar-refractivity contribution in [2.75, 3.05) is 32.7 Å². The fourth-order valence-corrected chi connectivity index (χ4v) is 3.21. The summed E-state index contributed by atoms with van der Waals surface area (Å²) >= 11 is 0. The minimum Gasteiger partial charge on any atom is -0.329 e. The third-order valence-electron chi connectivity index (χ3n) is 5.00. The van der Waals surface area contributed by atoms with Gasteiger partial charge in [-0.3, -0.25) is 0 Å². The molecule has 3 nitrogen and oxygen atoms in total. The summed E-state index contributed by atoms with van der Waals surface area (Å²) in [6.45, 7) is 14.5. The molecule has 0 heterocycles. The van der Waals surface area contributed by atoms with Gasteiger partial charge >= 0.3 is 0 Å². The highest BCUT2D eigenvalue weighted by atomic mass is 15.1. The Kier molecular flexibility index (Phi) is 6.78. The molecular weight excluding hydrogens is 234 g/mol. The Balaban J connectivity index is 2.47. The average molecular weight is 269 g/mol. The van der Waals surface area contributed by atoms with Crippen molar-refractivity contribution in [1.29, 1.82) is 0 Å². The molecule has 1 atom stereocenters. The molecule has 0 aromatic heterocycles. The molecular formula is C16H35N3. The van der Waals surface area contributed by atoms with Crippen molar-refractivity contribution in [3.8, 4) is 0 Å². The quantitative estimate of drug-likeness (QED) is 0.698. The summed E-state index contributed by atoms with van der Waals surface area (Å²) in [6.07, 6.45) is 6.41. The van der Waals surface area contributed by atoms with Crippen LogP contribution in [0.5, 0.6) is 0 Å². The molecule has 0 spiro atoms. The number of nitrogens with one attached hydrogen (secondary N) is 1. The van der Waals surface area contributed by atoms with Crippen LogP contribution in [-0.4, -0.2) is 43.2 Å². The zero-order valence-corrected chi connectivity index (χ0v) is 13.6. The fourth-order valence-electron chi connectivity index (χ4n) is 3.21. The fraction of sp³-hybridized carbons (Fsp3) is 1.00. The molecule has 0 saturated heterocycles.